The first-order valence-corrected chi connectivity index (χ1v) is 22.6. The van der Waals surface area contributed by atoms with Gasteiger partial charge >= 0.3 is 26.3 Å². The summed E-state index contributed by atoms with van der Waals surface area (Å²) >= 11 is 9.86. The molecule has 4 aromatic heterocycles. The van der Waals surface area contributed by atoms with Gasteiger partial charge in [0.2, 0.25) is 5.88 Å². The molecule has 4 heterocycles. The van der Waals surface area contributed by atoms with Crippen LogP contribution in [0.4, 0.5) is 13.2 Å². The number of hydrogen-bond acceptors (Lipinski definition) is 10. The van der Waals surface area contributed by atoms with E-state index in [-0.39, 0.29) is 31.7 Å². The van der Waals surface area contributed by atoms with Crippen molar-refractivity contribution in [2.24, 2.45) is 0 Å². The maximum atomic E-state index is 13.2. The molecule has 0 aliphatic heterocycles. The molecule has 0 atom stereocenters. The molecule has 0 bridgehead atoms. The molecule has 0 spiro atoms. The number of aromatic nitrogens is 6. The molecule has 12 rings (SSSR count). The number of halogens is 3. The predicted molar refractivity (Wildman–Crippen MR) is 276 cm³/mol. The minimum atomic E-state index is -4.47. The Morgan fingerprint density at radius 1 is 0.522 bits per heavy atom. The van der Waals surface area contributed by atoms with Crippen LogP contribution < -0.4 is 4.74 Å². The molecule has 12 aromatic rings. The Kier molecular flexibility index (Phi) is 13.5. The van der Waals surface area contributed by atoms with E-state index in [1.807, 2.05) is 84.9 Å². The first-order valence-electron chi connectivity index (χ1n) is 20.8. The van der Waals surface area contributed by atoms with Gasteiger partial charge in [0.15, 0.2) is 0 Å². The Hall–Kier alpha value is -7.06. The van der Waals surface area contributed by atoms with Crippen LogP contribution in [0.5, 0.6) is 11.6 Å². The summed E-state index contributed by atoms with van der Waals surface area (Å²) in [5.41, 5.74) is 1.13. The Morgan fingerprint density at radius 3 is 1.51 bits per heavy atom. The first-order chi connectivity index (χ1) is 33.0. The molecule has 0 radical (unpaired) electrons. The van der Waals surface area contributed by atoms with Gasteiger partial charge in [0.1, 0.15) is 5.75 Å². The molecular weight excluding hydrogens is 1110 g/mol. The maximum absolute atomic E-state index is 13.2. The smallest absolute Gasteiger partial charge is 0.437 e. The normalized spacial score (nSPS) is 11.3. The number of fused-ring (bicyclic) bond motifs is 7. The number of thiol groups is 2. The Balaban J connectivity index is 0.000000142. The van der Waals surface area contributed by atoms with Gasteiger partial charge in [-0.15, -0.1) is 38.5 Å². The van der Waals surface area contributed by atoms with Gasteiger partial charge in [-0.1, -0.05) is 120 Å². The minimum Gasteiger partial charge on any atom is -0.437 e. The van der Waals surface area contributed by atoms with E-state index in [1.54, 1.807) is 23.7 Å². The van der Waals surface area contributed by atoms with E-state index in [4.69, 9.17) is 17.9 Å². The van der Waals surface area contributed by atoms with Crippen molar-refractivity contribution < 1.29 is 38.0 Å². The zero-order chi connectivity index (χ0) is 46.9. The van der Waals surface area contributed by atoms with E-state index in [9.17, 15) is 13.2 Å². The molecule has 0 N–H and O–H groups in total. The van der Waals surface area contributed by atoms with Crippen LogP contribution in [0.1, 0.15) is 17.0 Å². The summed E-state index contributed by atoms with van der Waals surface area (Å²) < 4.78 is 46.5. The molecule has 0 unspecified atom stereocenters. The first kappa shape index (κ1) is 47.0. The minimum absolute atomic E-state index is 0. The number of rotatable bonds is 5. The van der Waals surface area contributed by atoms with E-state index in [1.165, 1.54) is 22.9 Å². The molecular formula is C55H32F3IrN6OS3. The summed E-state index contributed by atoms with van der Waals surface area (Å²) in [7, 11) is 0. The van der Waals surface area contributed by atoms with Crippen LogP contribution in [0.2, 0.25) is 0 Å². The topological polar surface area (TPSA) is 86.6 Å². The average molecular weight is 1140 g/mol. The number of nitrogens with zero attached hydrogens (tertiary/aromatic N) is 6. The fourth-order valence-electron chi connectivity index (χ4n) is 7.85. The molecule has 336 valence electrons. The molecule has 0 aliphatic carbocycles. The summed E-state index contributed by atoms with van der Waals surface area (Å²) in [5, 5.41) is 37.7. The van der Waals surface area contributed by atoms with Gasteiger partial charge in [0.05, 0.1) is 18.0 Å². The average Bonchev–Trinajstić information content (AvgIpc) is 3.79. The summed E-state index contributed by atoms with van der Waals surface area (Å²) in [6, 6.07) is 52.5. The van der Waals surface area contributed by atoms with E-state index >= 15 is 0 Å². The second-order valence-electron chi connectivity index (χ2n) is 15.5. The van der Waals surface area contributed by atoms with Gasteiger partial charge in [-0.2, -0.15) is 53.7 Å². The Bertz CT molecular complexity index is 3780. The molecule has 14 heteroatoms. The molecule has 8 aromatic carbocycles. The van der Waals surface area contributed by atoms with Gasteiger partial charge in [0.25, 0.3) is 0 Å². The molecule has 0 aliphatic rings. The molecule has 0 fully saturated rings. The zero-order valence-electron chi connectivity index (χ0n) is 35.7. The molecule has 0 saturated heterocycles. The van der Waals surface area contributed by atoms with Crippen molar-refractivity contribution in [3.63, 3.8) is 0 Å². The van der Waals surface area contributed by atoms with Crippen LogP contribution in [0, 0.1) is 19.2 Å². The van der Waals surface area contributed by atoms with Gasteiger partial charge < -0.3 is 4.74 Å². The number of thiophene rings is 1. The quantitative estimate of drug-likeness (QED) is 0.101. The van der Waals surface area contributed by atoms with Crippen molar-refractivity contribution in [1.82, 2.24) is 30.6 Å². The van der Waals surface area contributed by atoms with Crippen molar-refractivity contribution in [2.45, 2.75) is 6.18 Å². The van der Waals surface area contributed by atoms with Gasteiger partial charge in [0, 0.05) is 11.1 Å². The molecule has 7 nitrogen and oxygen atoms in total. The van der Waals surface area contributed by atoms with Gasteiger partial charge in [-0.3, -0.25) is 13.2 Å². The van der Waals surface area contributed by atoms with Crippen molar-refractivity contribution in [2.75, 3.05) is 0 Å². The second-order valence-corrected chi connectivity index (χ2v) is 17.5. The summed E-state index contributed by atoms with van der Waals surface area (Å²) in [5.74, 6) is 0.185. The zero-order valence-corrected chi connectivity index (χ0v) is 40.7. The molecule has 0 saturated carbocycles. The third kappa shape index (κ3) is 9.94. The number of alkyl halides is 3. The maximum Gasteiger partial charge on any atom is 3.00 e. The van der Waals surface area contributed by atoms with Crippen LogP contribution in [0.25, 0.3) is 95.1 Å². The van der Waals surface area contributed by atoms with Crippen LogP contribution in [0.15, 0.2) is 170 Å². The number of ether oxygens (including phenoxy) is 1. The largest absolute Gasteiger partial charge is 3.00 e. The van der Waals surface area contributed by atoms with Crippen molar-refractivity contribution in [1.29, 1.82) is 0 Å². The number of hydrogen-bond donors (Lipinski definition) is 2. The van der Waals surface area contributed by atoms with Crippen LogP contribution >= 0.6 is 36.6 Å². The third-order valence-electron chi connectivity index (χ3n) is 11.1. The van der Waals surface area contributed by atoms with Crippen molar-refractivity contribution in [3.8, 4) is 22.2 Å². The Morgan fingerprint density at radius 2 is 1.00 bits per heavy atom. The van der Waals surface area contributed by atoms with E-state index in [2.05, 4.69) is 110 Å². The van der Waals surface area contributed by atoms with Crippen molar-refractivity contribution in [3.05, 3.63) is 206 Å². The summed E-state index contributed by atoms with van der Waals surface area (Å²) in [4.78, 5) is 1.61. The summed E-state index contributed by atoms with van der Waals surface area (Å²) in [6.07, 6.45) is -0.992. The van der Waals surface area contributed by atoms with Crippen molar-refractivity contribution >= 4 is 121 Å². The van der Waals surface area contributed by atoms with Crippen LogP contribution in [-0.4, -0.2) is 30.6 Å². The number of benzene rings is 8. The fourth-order valence-corrected chi connectivity index (χ4v) is 9.19. The molecule has 69 heavy (non-hydrogen) atoms. The van der Waals surface area contributed by atoms with Gasteiger partial charge in [-0.25, -0.2) is 21.5 Å². The Labute approximate surface area is 421 Å². The molecule has 0 amide bonds. The van der Waals surface area contributed by atoms with E-state index in [0.29, 0.717) is 32.3 Å². The van der Waals surface area contributed by atoms with Gasteiger partial charge in [-0.05, 0) is 106 Å². The second kappa shape index (κ2) is 19.9. The van der Waals surface area contributed by atoms with E-state index in [0.717, 1.165) is 75.6 Å². The third-order valence-corrected chi connectivity index (χ3v) is 12.6. The SMILES string of the molecule is FC(F)(F)c1cccc(Oc2nnc(-c3[c-]c4ccccc4s3)c3cc4ccccc4cc23)c1.[CH-]=C(S)c1nncc2cc3ccccc3cc12.[CH-]=C(S)c1nncc2cc3ccccc3cc12.[Ir+3]. The van der Waals surface area contributed by atoms with Crippen LogP contribution in [-0.2, 0) is 26.3 Å². The fraction of sp³-hybridized carbons (Fsp3) is 0.0182. The van der Waals surface area contributed by atoms with E-state index < -0.39 is 11.7 Å². The van der Waals surface area contributed by atoms with Crippen LogP contribution in [0.3, 0.4) is 0 Å². The standard InChI is InChI=1S/C27H14F3N2OS.2C14H9N2S.Ir/c28-27(29,30)19-9-5-10-20(15-19)33-26-22-13-17-7-2-1-6-16(17)12-21(22)25(31-32-26)24-14-18-8-3-4-11-23(18)34-24;2*1-9(17)14-13-7-11-5-3-2-4-10(11)6-12(13)8-15-16-14;/h1-13,15H;2*1-8,17H;/q3*-1;+3. The summed E-state index contributed by atoms with van der Waals surface area (Å²) in [6.45, 7) is 11.4. The monoisotopic (exact) mass is 1140 g/mol. The predicted octanol–water partition coefficient (Wildman–Crippen LogP) is 15.2.